The summed E-state index contributed by atoms with van der Waals surface area (Å²) in [6.45, 7) is 2.01. The lowest BCUT2D eigenvalue weighted by Crippen LogP contribution is -2.43. The van der Waals surface area contributed by atoms with E-state index in [0.29, 0.717) is 12.2 Å². The molecule has 3 N–H and O–H groups in total. The van der Waals surface area contributed by atoms with Crippen LogP contribution >= 0.6 is 0 Å². The molecule has 1 aromatic heterocycles. The molecule has 0 aliphatic rings. The Labute approximate surface area is 196 Å². The molecule has 0 aliphatic carbocycles. The minimum atomic E-state index is -0.709. The van der Waals surface area contributed by atoms with Gasteiger partial charge >= 0.3 is 5.69 Å². The van der Waals surface area contributed by atoms with Crippen LogP contribution in [0.5, 0.6) is 5.75 Å². The number of nitrogens with two attached hydrogens (primary N) is 1. The lowest BCUT2D eigenvalue weighted by Gasteiger charge is -2.24. The summed E-state index contributed by atoms with van der Waals surface area (Å²) in [4.78, 5) is 41.9. The fourth-order valence-corrected chi connectivity index (χ4v) is 3.83. The highest BCUT2D eigenvalue weighted by Crippen LogP contribution is 2.22. The maximum absolute atomic E-state index is 13.1. The Morgan fingerprint density at radius 3 is 2.44 bits per heavy atom. The summed E-state index contributed by atoms with van der Waals surface area (Å²) in [7, 11) is 0. The molecule has 3 aromatic carbocycles. The topological polar surface area (TPSA) is 110 Å². The van der Waals surface area contributed by atoms with Gasteiger partial charge in [-0.2, -0.15) is 0 Å². The lowest BCUT2D eigenvalue weighted by molar-refractivity contribution is -0.120. The quantitative estimate of drug-likeness (QED) is 0.421. The van der Waals surface area contributed by atoms with E-state index in [2.05, 4.69) is 4.98 Å². The van der Waals surface area contributed by atoms with Crippen molar-refractivity contribution in [1.82, 2.24) is 9.55 Å². The van der Waals surface area contributed by atoms with Gasteiger partial charge in [0.1, 0.15) is 11.6 Å². The normalized spacial score (nSPS) is 10.9. The van der Waals surface area contributed by atoms with Crippen molar-refractivity contribution in [2.45, 2.75) is 19.9 Å². The van der Waals surface area contributed by atoms with Gasteiger partial charge in [-0.3, -0.25) is 19.1 Å². The third kappa shape index (κ3) is 4.85. The van der Waals surface area contributed by atoms with Crippen molar-refractivity contribution >= 4 is 28.2 Å². The molecule has 0 radical (unpaired) electrons. The van der Waals surface area contributed by atoms with Crippen molar-refractivity contribution in [1.29, 1.82) is 0 Å². The van der Waals surface area contributed by atoms with E-state index in [-0.39, 0.29) is 31.2 Å². The Bertz CT molecular complexity index is 1430. The zero-order valence-electron chi connectivity index (χ0n) is 18.9. The number of hydrogen-bond acceptors (Lipinski definition) is 5. The first-order chi connectivity index (χ1) is 16.5. The van der Waals surface area contributed by atoms with Gasteiger partial charge in [0, 0.05) is 6.54 Å². The van der Waals surface area contributed by atoms with Crippen LogP contribution in [0.2, 0.25) is 0 Å². The highest BCUT2D eigenvalue weighted by molar-refractivity contribution is 5.96. The number of amides is 1. The monoisotopic (exact) mass is 458 g/mol. The number of hydrogen-bond donors (Lipinski definition) is 2. The van der Waals surface area contributed by atoms with Crippen LogP contribution in [-0.4, -0.2) is 28.6 Å². The van der Waals surface area contributed by atoms with Crippen molar-refractivity contribution in [2.24, 2.45) is 0 Å². The zero-order chi connectivity index (χ0) is 24.1. The number of ether oxygens (including phenoxy) is 1. The molecule has 0 aliphatic heterocycles. The number of nitrogens with zero attached hydrogens (tertiary/aromatic N) is 2. The first-order valence-corrected chi connectivity index (χ1v) is 11.1. The van der Waals surface area contributed by atoms with Gasteiger partial charge in [-0.15, -0.1) is 0 Å². The SMILES string of the molecule is CCCN(C(=O)COc1ccc2ccccc2c1)c1c(N)n(Cc2ccccc2)c(=O)[nH]c1=O. The van der Waals surface area contributed by atoms with Gasteiger partial charge in [0.15, 0.2) is 12.3 Å². The summed E-state index contributed by atoms with van der Waals surface area (Å²) in [5, 5.41) is 2.06. The maximum Gasteiger partial charge on any atom is 0.330 e. The van der Waals surface area contributed by atoms with Gasteiger partial charge in [0.2, 0.25) is 0 Å². The highest BCUT2D eigenvalue weighted by Gasteiger charge is 2.24. The van der Waals surface area contributed by atoms with Gasteiger partial charge in [0.05, 0.1) is 6.54 Å². The van der Waals surface area contributed by atoms with E-state index in [1.165, 1.54) is 9.47 Å². The fourth-order valence-electron chi connectivity index (χ4n) is 3.83. The minimum absolute atomic E-state index is 0.0514. The fraction of sp³-hybridized carbons (Fsp3) is 0.192. The first kappa shape index (κ1) is 22.8. The Kier molecular flexibility index (Phi) is 6.77. The molecule has 174 valence electrons. The van der Waals surface area contributed by atoms with Crippen molar-refractivity contribution in [2.75, 3.05) is 23.8 Å². The third-order valence-electron chi connectivity index (χ3n) is 5.50. The number of nitrogen functional groups attached to an aromatic ring is 1. The lowest BCUT2D eigenvalue weighted by atomic mass is 10.1. The summed E-state index contributed by atoms with van der Waals surface area (Å²) in [6, 6.07) is 22.7. The van der Waals surface area contributed by atoms with Gasteiger partial charge < -0.3 is 15.4 Å². The summed E-state index contributed by atoms with van der Waals surface area (Å²) in [5.41, 5.74) is 5.72. The number of carbonyl (C=O) groups excluding carboxylic acids is 1. The standard InChI is InChI=1S/C26H26N4O4/c1-2-14-29(22(31)17-34-21-13-12-19-10-6-7-11-20(19)15-21)23-24(27)30(26(33)28-25(23)32)16-18-8-4-3-5-9-18/h3-13,15H,2,14,16-17,27H2,1H3,(H,28,32,33). The highest BCUT2D eigenvalue weighted by atomic mass is 16.5. The molecule has 0 saturated carbocycles. The number of nitrogens with one attached hydrogen (secondary N) is 1. The van der Waals surface area contributed by atoms with Crippen LogP contribution in [0.1, 0.15) is 18.9 Å². The molecule has 0 atom stereocenters. The number of rotatable bonds is 8. The second-order valence-electron chi connectivity index (χ2n) is 7.91. The van der Waals surface area contributed by atoms with E-state index in [1.54, 1.807) is 6.07 Å². The number of aromatic amines is 1. The Hall–Kier alpha value is -4.33. The number of anilines is 2. The molecule has 1 amide bonds. The molecule has 0 spiro atoms. The van der Waals surface area contributed by atoms with Crippen LogP contribution in [0.3, 0.4) is 0 Å². The van der Waals surface area contributed by atoms with E-state index in [0.717, 1.165) is 16.3 Å². The van der Waals surface area contributed by atoms with Crippen molar-refractivity contribution in [3.8, 4) is 5.75 Å². The predicted octanol–water partition coefficient (Wildman–Crippen LogP) is 3.14. The summed E-state index contributed by atoms with van der Waals surface area (Å²) in [6.07, 6.45) is 0.582. The number of fused-ring (bicyclic) bond motifs is 1. The second-order valence-corrected chi connectivity index (χ2v) is 7.91. The Morgan fingerprint density at radius 1 is 1.00 bits per heavy atom. The molecule has 0 bridgehead atoms. The van der Waals surface area contributed by atoms with Gasteiger partial charge in [0.25, 0.3) is 11.5 Å². The average Bonchev–Trinajstić information content (AvgIpc) is 2.85. The number of H-pyrrole nitrogens is 1. The largest absolute Gasteiger partial charge is 0.484 e. The van der Waals surface area contributed by atoms with Crippen LogP contribution < -0.4 is 26.6 Å². The predicted molar refractivity (Wildman–Crippen MR) is 133 cm³/mol. The average molecular weight is 459 g/mol. The first-order valence-electron chi connectivity index (χ1n) is 11.1. The Morgan fingerprint density at radius 2 is 1.71 bits per heavy atom. The maximum atomic E-state index is 13.1. The molecular formula is C26H26N4O4. The molecule has 8 nitrogen and oxygen atoms in total. The van der Waals surface area contributed by atoms with Crippen LogP contribution in [0, 0.1) is 0 Å². The molecule has 4 aromatic rings. The molecule has 8 heteroatoms. The van der Waals surface area contributed by atoms with Crippen LogP contribution in [0.25, 0.3) is 10.8 Å². The second kappa shape index (κ2) is 10.1. The van der Waals surface area contributed by atoms with Crippen molar-refractivity contribution in [3.63, 3.8) is 0 Å². The number of benzene rings is 3. The molecule has 4 rings (SSSR count). The molecular weight excluding hydrogens is 432 g/mol. The van der Waals surface area contributed by atoms with E-state index in [9.17, 15) is 14.4 Å². The summed E-state index contributed by atoms with van der Waals surface area (Å²) >= 11 is 0. The summed E-state index contributed by atoms with van der Waals surface area (Å²) < 4.78 is 7.00. The number of aromatic nitrogens is 2. The van der Waals surface area contributed by atoms with E-state index in [1.807, 2.05) is 73.7 Å². The van der Waals surface area contributed by atoms with Gasteiger partial charge in [-0.25, -0.2) is 4.79 Å². The number of carbonyl (C=O) groups is 1. The smallest absolute Gasteiger partial charge is 0.330 e. The molecule has 34 heavy (non-hydrogen) atoms. The third-order valence-corrected chi connectivity index (χ3v) is 5.50. The summed E-state index contributed by atoms with van der Waals surface area (Å²) in [5.74, 6) is 0.0432. The van der Waals surface area contributed by atoms with Crippen LogP contribution in [0.15, 0.2) is 82.4 Å². The van der Waals surface area contributed by atoms with Gasteiger partial charge in [-0.1, -0.05) is 67.6 Å². The van der Waals surface area contributed by atoms with Gasteiger partial charge in [-0.05, 0) is 34.9 Å². The molecule has 0 unspecified atom stereocenters. The van der Waals surface area contributed by atoms with Crippen LogP contribution in [-0.2, 0) is 11.3 Å². The van der Waals surface area contributed by atoms with Crippen LogP contribution in [0.4, 0.5) is 11.5 Å². The molecule has 1 heterocycles. The zero-order valence-corrected chi connectivity index (χ0v) is 18.9. The van der Waals surface area contributed by atoms with E-state index in [4.69, 9.17) is 10.5 Å². The molecule has 0 saturated heterocycles. The van der Waals surface area contributed by atoms with Crippen molar-refractivity contribution in [3.05, 3.63) is 99.2 Å². The molecule has 0 fully saturated rings. The van der Waals surface area contributed by atoms with E-state index >= 15 is 0 Å². The Balaban J connectivity index is 1.61. The van der Waals surface area contributed by atoms with Crippen molar-refractivity contribution < 1.29 is 9.53 Å². The van der Waals surface area contributed by atoms with E-state index < -0.39 is 17.2 Å². The minimum Gasteiger partial charge on any atom is -0.484 e.